The zero-order valence-corrected chi connectivity index (χ0v) is 11.4. The van der Waals surface area contributed by atoms with Crippen molar-refractivity contribution in [2.75, 3.05) is 0 Å². The number of amides is 1. The summed E-state index contributed by atoms with van der Waals surface area (Å²) in [6, 6.07) is 7.01. The maximum atomic E-state index is 13.1. The average Bonchev–Trinajstić information content (AvgIpc) is 2.66. The second-order valence-corrected chi connectivity index (χ2v) is 7.77. The molecule has 1 amide bonds. The summed E-state index contributed by atoms with van der Waals surface area (Å²) in [6.45, 7) is 0. The van der Waals surface area contributed by atoms with Gasteiger partial charge in [-0.15, -0.1) is 0 Å². The Balaban J connectivity index is 1.57. The van der Waals surface area contributed by atoms with Gasteiger partial charge in [-0.2, -0.15) is 0 Å². The first-order valence-corrected chi connectivity index (χ1v) is 7.57. The molecule has 1 aromatic rings. The van der Waals surface area contributed by atoms with Crippen LogP contribution in [0.1, 0.15) is 43.6 Å². The Bertz CT molecular complexity index is 617. The molecule has 0 aromatic heterocycles. The fourth-order valence-corrected chi connectivity index (χ4v) is 6.86. The first-order valence-electron chi connectivity index (χ1n) is 7.57. The molecule has 4 bridgehead atoms. The third-order valence-electron chi connectivity index (χ3n) is 7.03. The van der Waals surface area contributed by atoms with Gasteiger partial charge in [0, 0.05) is 0 Å². The van der Waals surface area contributed by atoms with Crippen LogP contribution in [-0.4, -0.2) is 5.91 Å². The second-order valence-electron chi connectivity index (χ2n) is 7.77. The molecule has 0 aliphatic heterocycles. The first-order chi connectivity index (χ1) is 9.51. The molecule has 5 fully saturated rings. The van der Waals surface area contributed by atoms with E-state index in [4.69, 9.17) is 5.73 Å². The van der Waals surface area contributed by atoms with E-state index in [0.29, 0.717) is 22.7 Å². The molecule has 20 heavy (non-hydrogen) atoms. The topological polar surface area (TPSA) is 43.1 Å². The fourth-order valence-electron chi connectivity index (χ4n) is 6.86. The van der Waals surface area contributed by atoms with Gasteiger partial charge >= 0.3 is 0 Å². The SMILES string of the molecule is NC(=O)[C@]12CC3CC4(C1)[C@H](c1ccc(F)cc1)[C@@]4(C3)C2. The molecule has 104 valence electrons. The summed E-state index contributed by atoms with van der Waals surface area (Å²) in [5, 5.41) is 0. The zero-order valence-electron chi connectivity index (χ0n) is 11.4. The van der Waals surface area contributed by atoms with Crippen LogP contribution in [0.25, 0.3) is 0 Å². The van der Waals surface area contributed by atoms with Gasteiger partial charge in [-0.1, -0.05) is 12.1 Å². The van der Waals surface area contributed by atoms with Crippen molar-refractivity contribution in [3.63, 3.8) is 0 Å². The molecule has 2 spiro atoms. The van der Waals surface area contributed by atoms with Crippen LogP contribution in [-0.2, 0) is 4.79 Å². The average molecular weight is 271 g/mol. The molecule has 0 radical (unpaired) electrons. The lowest BCUT2D eigenvalue weighted by atomic mass is 9.61. The Labute approximate surface area is 117 Å². The molecule has 5 saturated carbocycles. The number of primary amides is 1. The van der Waals surface area contributed by atoms with E-state index in [0.717, 1.165) is 19.3 Å². The van der Waals surface area contributed by atoms with Gasteiger partial charge < -0.3 is 5.73 Å². The van der Waals surface area contributed by atoms with Gasteiger partial charge in [-0.05, 0) is 72.5 Å². The maximum absolute atomic E-state index is 13.1. The quantitative estimate of drug-likeness (QED) is 0.883. The molecule has 2 unspecified atom stereocenters. The van der Waals surface area contributed by atoms with Crippen molar-refractivity contribution < 1.29 is 9.18 Å². The van der Waals surface area contributed by atoms with E-state index in [-0.39, 0.29) is 17.1 Å². The van der Waals surface area contributed by atoms with Crippen LogP contribution in [0.15, 0.2) is 24.3 Å². The Hall–Kier alpha value is -1.38. The molecule has 0 heterocycles. The largest absolute Gasteiger partial charge is 0.369 e. The molecule has 5 atom stereocenters. The van der Waals surface area contributed by atoms with E-state index >= 15 is 0 Å². The molecular formula is C17H18FNO. The van der Waals surface area contributed by atoms with E-state index in [1.807, 2.05) is 12.1 Å². The molecule has 5 aliphatic rings. The molecule has 5 aliphatic carbocycles. The van der Waals surface area contributed by atoms with Crippen LogP contribution >= 0.6 is 0 Å². The van der Waals surface area contributed by atoms with Gasteiger partial charge in [-0.25, -0.2) is 4.39 Å². The number of nitrogens with two attached hydrogens (primary N) is 1. The summed E-state index contributed by atoms with van der Waals surface area (Å²) in [5.74, 6) is 0.989. The molecule has 2 nitrogen and oxygen atoms in total. The van der Waals surface area contributed by atoms with Crippen molar-refractivity contribution in [3.8, 4) is 0 Å². The highest BCUT2D eigenvalue weighted by Gasteiger charge is 2.88. The molecule has 2 N–H and O–H groups in total. The molecule has 6 rings (SSSR count). The number of halogens is 1. The van der Waals surface area contributed by atoms with E-state index in [2.05, 4.69) is 0 Å². The van der Waals surface area contributed by atoms with Crippen LogP contribution in [0, 0.1) is 28.0 Å². The van der Waals surface area contributed by atoms with Crippen molar-refractivity contribution in [3.05, 3.63) is 35.6 Å². The fraction of sp³-hybridized carbons (Fsp3) is 0.588. The number of hydrogen-bond donors (Lipinski definition) is 1. The highest BCUT2D eigenvalue weighted by atomic mass is 19.1. The number of carbonyl (C=O) groups is 1. The Kier molecular flexibility index (Phi) is 1.67. The van der Waals surface area contributed by atoms with Crippen LogP contribution in [0.2, 0.25) is 0 Å². The van der Waals surface area contributed by atoms with Gasteiger partial charge in [0.05, 0.1) is 5.41 Å². The number of rotatable bonds is 2. The van der Waals surface area contributed by atoms with Crippen LogP contribution < -0.4 is 5.73 Å². The second kappa shape index (κ2) is 2.95. The third kappa shape index (κ3) is 0.971. The van der Waals surface area contributed by atoms with Crippen molar-refractivity contribution in [2.24, 2.45) is 27.9 Å². The molecule has 0 saturated heterocycles. The third-order valence-corrected chi connectivity index (χ3v) is 7.03. The lowest BCUT2D eigenvalue weighted by molar-refractivity contribution is -0.132. The summed E-state index contributed by atoms with van der Waals surface area (Å²) < 4.78 is 13.1. The minimum atomic E-state index is -0.211. The lowest BCUT2D eigenvalue weighted by Crippen LogP contribution is -2.44. The van der Waals surface area contributed by atoms with Gasteiger partial charge in [0.15, 0.2) is 0 Å². The summed E-state index contributed by atoms with van der Waals surface area (Å²) in [6.07, 6.45) is 5.48. The minimum absolute atomic E-state index is 0.0780. The predicted octanol–water partition coefficient (Wildman–Crippen LogP) is 2.97. The monoisotopic (exact) mass is 271 g/mol. The zero-order chi connectivity index (χ0) is 13.8. The summed E-state index contributed by atoms with van der Waals surface area (Å²) in [5.41, 5.74) is 7.39. The van der Waals surface area contributed by atoms with Crippen molar-refractivity contribution in [1.29, 1.82) is 0 Å². The summed E-state index contributed by atoms with van der Waals surface area (Å²) in [4.78, 5) is 11.9. The first kappa shape index (κ1) is 11.3. The number of hydrogen-bond acceptors (Lipinski definition) is 1. The molecular weight excluding hydrogens is 253 g/mol. The Morgan fingerprint density at radius 2 is 1.70 bits per heavy atom. The van der Waals surface area contributed by atoms with Crippen molar-refractivity contribution >= 4 is 5.91 Å². The smallest absolute Gasteiger partial charge is 0.223 e. The summed E-state index contributed by atoms with van der Waals surface area (Å²) in [7, 11) is 0. The molecule has 1 aromatic carbocycles. The lowest BCUT2D eigenvalue weighted by Gasteiger charge is -2.43. The van der Waals surface area contributed by atoms with Gasteiger partial charge in [0.2, 0.25) is 5.91 Å². The van der Waals surface area contributed by atoms with Crippen molar-refractivity contribution in [2.45, 2.75) is 38.0 Å². The summed E-state index contributed by atoms with van der Waals surface area (Å²) >= 11 is 0. The van der Waals surface area contributed by atoms with Gasteiger partial charge in [-0.3, -0.25) is 4.79 Å². The van der Waals surface area contributed by atoms with E-state index in [1.165, 1.54) is 18.4 Å². The van der Waals surface area contributed by atoms with E-state index in [1.54, 1.807) is 12.1 Å². The minimum Gasteiger partial charge on any atom is -0.369 e. The number of benzene rings is 1. The maximum Gasteiger partial charge on any atom is 0.223 e. The van der Waals surface area contributed by atoms with Crippen LogP contribution in [0.5, 0.6) is 0 Å². The van der Waals surface area contributed by atoms with E-state index in [9.17, 15) is 9.18 Å². The highest BCUT2D eigenvalue weighted by Crippen LogP contribution is 2.95. The molecule has 3 heteroatoms. The Morgan fingerprint density at radius 3 is 2.25 bits per heavy atom. The van der Waals surface area contributed by atoms with Crippen molar-refractivity contribution in [1.82, 2.24) is 0 Å². The van der Waals surface area contributed by atoms with E-state index < -0.39 is 0 Å². The van der Waals surface area contributed by atoms with Crippen LogP contribution in [0.3, 0.4) is 0 Å². The van der Waals surface area contributed by atoms with Gasteiger partial charge in [0.25, 0.3) is 0 Å². The van der Waals surface area contributed by atoms with Gasteiger partial charge in [0.1, 0.15) is 5.82 Å². The highest BCUT2D eigenvalue weighted by molar-refractivity contribution is 5.83. The number of carbonyl (C=O) groups excluding carboxylic acids is 1. The normalized spacial score (nSPS) is 50.2. The predicted molar refractivity (Wildman–Crippen MR) is 72.2 cm³/mol. The standard InChI is InChI=1S/C17H18FNO/c18-12-3-1-11(2-4-12)13-16-6-10-5-15(8-16,14(19)20)9-17(13,16)7-10/h1-4,10,13H,5-9H2,(H2,19,20)/t10?,13-,15+,16-,17?/m1/s1. The Morgan fingerprint density at radius 1 is 1.10 bits per heavy atom. The van der Waals surface area contributed by atoms with Crippen LogP contribution in [0.4, 0.5) is 4.39 Å².